The lowest BCUT2D eigenvalue weighted by Crippen LogP contribution is -2.42. The zero-order valence-corrected chi connectivity index (χ0v) is 15.5. The Kier molecular flexibility index (Phi) is 6.07. The Morgan fingerprint density at radius 3 is 2.21 bits per heavy atom. The Balaban J connectivity index is 1.73. The van der Waals surface area contributed by atoms with Crippen LogP contribution in [0.25, 0.3) is 11.1 Å². The van der Waals surface area contributed by atoms with Gasteiger partial charge in [-0.15, -0.1) is 0 Å². The Bertz CT molecular complexity index is 952. The SMILES string of the molecule is COc1ccccc1-c1ccc(CC(NC(=O)c2ccccc2)C(=O)O)cc1. The number of carboxylic acids is 1. The summed E-state index contributed by atoms with van der Waals surface area (Å²) >= 11 is 0. The molecule has 0 saturated heterocycles. The molecule has 0 spiro atoms. The largest absolute Gasteiger partial charge is 0.496 e. The fraction of sp³-hybridized carbons (Fsp3) is 0.130. The van der Waals surface area contributed by atoms with Crippen molar-refractivity contribution in [3.8, 4) is 16.9 Å². The fourth-order valence-corrected chi connectivity index (χ4v) is 2.97. The molecule has 28 heavy (non-hydrogen) atoms. The van der Waals surface area contributed by atoms with Gasteiger partial charge in [0.15, 0.2) is 0 Å². The summed E-state index contributed by atoms with van der Waals surface area (Å²) in [5, 5.41) is 12.1. The maximum Gasteiger partial charge on any atom is 0.326 e. The van der Waals surface area contributed by atoms with Gasteiger partial charge in [-0.2, -0.15) is 0 Å². The third kappa shape index (κ3) is 4.57. The number of carbonyl (C=O) groups excluding carboxylic acids is 1. The average molecular weight is 375 g/mol. The van der Waals surface area contributed by atoms with Gasteiger partial charge in [-0.1, -0.05) is 60.7 Å². The van der Waals surface area contributed by atoms with Gasteiger partial charge >= 0.3 is 5.97 Å². The molecule has 0 radical (unpaired) electrons. The second-order valence-corrected chi connectivity index (χ2v) is 6.33. The molecule has 0 aliphatic rings. The van der Waals surface area contributed by atoms with Crippen molar-refractivity contribution in [2.24, 2.45) is 0 Å². The number of carbonyl (C=O) groups is 2. The highest BCUT2D eigenvalue weighted by atomic mass is 16.5. The molecule has 0 fully saturated rings. The summed E-state index contributed by atoms with van der Waals surface area (Å²) in [5.74, 6) is -0.703. The van der Waals surface area contributed by atoms with Crippen LogP contribution in [-0.2, 0) is 11.2 Å². The monoisotopic (exact) mass is 375 g/mol. The summed E-state index contributed by atoms with van der Waals surface area (Å²) in [4.78, 5) is 23.9. The molecule has 3 rings (SSSR count). The number of ether oxygens (including phenoxy) is 1. The summed E-state index contributed by atoms with van der Waals surface area (Å²) < 4.78 is 5.39. The third-order valence-electron chi connectivity index (χ3n) is 4.45. The van der Waals surface area contributed by atoms with Crippen LogP contribution in [0, 0.1) is 0 Å². The molecule has 5 nitrogen and oxygen atoms in total. The van der Waals surface area contributed by atoms with E-state index in [1.165, 1.54) is 0 Å². The number of rotatable bonds is 7. The lowest BCUT2D eigenvalue weighted by molar-refractivity contribution is -0.139. The number of hydrogen-bond donors (Lipinski definition) is 2. The van der Waals surface area contributed by atoms with Crippen LogP contribution in [0.15, 0.2) is 78.9 Å². The van der Waals surface area contributed by atoms with Crippen LogP contribution in [0.4, 0.5) is 0 Å². The van der Waals surface area contributed by atoms with E-state index in [9.17, 15) is 14.7 Å². The molecular weight excluding hydrogens is 354 g/mol. The van der Waals surface area contributed by atoms with Crippen LogP contribution in [0.1, 0.15) is 15.9 Å². The fourth-order valence-electron chi connectivity index (χ4n) is 2.97. The predicted octanol–water partition coefficient (Wildman–Crippen LogP) is 3.79. The minimum absolute atomic E-state index is 0.195. The number of methoxy groups -OCH3 is 1. The van der Waals surface area contributed by atoms with Gasteiger partial charge in [-0.3, -0.25) is 4.79 Å². The first-order valence-corrected chi connectivity index (χ1v) is 8.89. The molecule has 0 aliphatic heterocycles. The first-order chi connectivity index (χ1) is 13.6. The van der Waals surface area contributed by atoms with Gasteiger partial charge in [0.2, 0.25) is 0 Å². The number of hydrogen-bond acceptors (Lipinski definition) is 3. The summed E-state index contributed by atoms with van der Waals surface area (Å²) in [6, 6.07) is 22.8. The smallest absolute Gasteiger partial charge is 0.326 e. The number of para-hydroxylation sites is 1. The minimum atomic E-state index is -1.07. The van der Waals surface area contributed by atoms with E-state index in [4.69, 9.17) is 4.74 Å². The van der Waals surface area contributed by atoms with Gasteiger partial charge in [-0.25, -0.2) is 4.79 Å². The van der Waals surface area contributed by atoms with Crippen molar-refractivity contribution in [3.05, 3.63) is 90.0 Å². The zero-order chi connectivity index (χ0) is 19.9. The van der Waals surface area contributed by atoms with E-state index < -0.39 is 17.9 Å². The van der Waals surface area contributed by atoms with Gasteiger partial charge in [0.1, 0.15) is 11.8 Å². The van der Waals surface area contributed by atoms with E-state index in [0.29, 0.717) is 5.56 Å². The van der Waals surface area contributed by atoms with Gasteiger partial charge in [0.25, 0.3) is 5.91 Å². The lowest BCUT2D eigenvalue weighted by atomic mass is 10.00. The van der Waals surface area contributed by atoms with Crippen molar-refractivity contribution < 1.29 is 19.4 Å². The topological polar surface area (TPSA) is 75.6 Å². The van der Waals surface area contributed by atoms with Crippen LogP contribution < -0.4 is 10.1 Å². The van der Waals surface area contributed by atoms with Crippen molar-refractivity contribution in [2.45, 2.75) is 12.5 Å². The molecular formula is C23H21NO4. The first kappa shape index (κ1) is 19.2. The third-order valence-corrected chi connectivity index (χ3v) is 4.45. The number of benzene rings is 3. The molecule has 0 aliphatic carbocycles. The number of aliphatic carboxylic acids is 1. The molecule has 1 unspecified atom stereocenters. The molecule has 1 amide bonds. The van der Waals surface area contributed by atoms with Gasteiger partial charge in [0, 0.05) is 17.5 Å². The predicted molar refractivity (Wildman–Crippen MR) is 107 cm³/mol. The minimum Gasteiger partial charge on any atom is -0.496 e. The van der Waals surface area contributed by atoms with Crippen LogP contribution >= 0.6 is 0 Å². The molecule has 3 aromatic carbocycles. The second-order valence-electron chi connectivity index (χ2n) is 6.33. The van der Waals surface area contributed by atoms with Crippen molar-refractivity contribution in [2.75, 3.05) is 7.11 Å². The Labute approximate surface area is 163 Å². The summed E-state index contributed by atoms with van der Waals surface area (Å²) in [6.07, 6.45) is 0.195. The molecule has 5 heteroatoms. The maximum absolute atomic E-state index is 12.3. The molecule has 0 bridgehead atoms. The normalized spacial score (nSPS) is 11.5. The Hall–Kier alpha value is -3.60. The second kappa shape index (κ2) is 8.86. The zero-order valence-electron chi connectivity index (χ0n) is 15.5. The molecule has 142 valence electrons. The van der Waals surface area contributed by atoms with E-state index in [1.807, 2.05) is 48.5 Å². The van der Waals surface area contributed by atoms with E-state index in [2.05, 4.69) is 5.32 Å². The summed E-state index contributed by atoms with van der Waals surface area (Å²) in [5.41, 5.74) is 3.18. The standard InChI is InChI=1S/C23H21NO4/c1-28-21-10-6-5-9-19(21)17-13-11-16(12-14-17)15-20(23(26)27)24-22(25)18-7-3-2-4-8-18/h2-14,20H,15H2,1H3,(H,24,25)(H,26,27). The van der Waals surface area contributed by atoms with Crippen LogP contribution in [-0.4, -0.2) is 30.1 Å². The highest BCUT2D eigenvalue weighted by molar-refractivity contribution is 5.96. The van der Waals surface area contributed by atoms with Gasteiger partial charge in [0.05, 0.1) is 7.11 Å². The van der Waals surface area contributed by atoms with E-state index in [1.54, 1.807) is 37.4 Å². The Morgan fingerprint density at radius 2 is 1.57 bits per heavy atom. The molecule has 0 saturated carbocycles. The maximum atomic E-state index is 12.3. The average Bonchev–Trinajstić information content (AvgIpc) is 2.74. The van der Waals surface area contributed by atoms with Crippen molar-refractivity contribution in [3.63, 3.8) is 0 Å². The van der Waals surface area contributed by atoms with Gasteiger partial charge in [-0.05, 0) is 29.3 Å². The molecule has 0 heterocycles. The van der Waals surface area contributed by atoms with E-state index >= 15 is 0 Å². The van der Waals surface area contributed by atoms with Crippen LogP contribution in [0.3, 0.4) is 0 Å². The van der Waals surface area contributed by atoms with Crippen molar-refractivity contribution >= 4 is 11.9 Å². The molecule has 2 N–H and O–H groups in total. The van der Waals surface area contributed by atoms with Gasteiger partial charge < -0.3 is 15.2 Å². The highest BCUT2D eigenvalue weighted by Gasteiger charge is 2.21. The first-order valence-electron chi connectivity index (χ1n) is 8.89. The van der Waals surface area contributed by atoms with Crippen LogP contribution in [0.5, 0.6) is 5.75 Å². The lowest BCUT2D eigenvalue weighted by Gasteiger charge is -2.15. The number of carboxylic acid groups (broad SMARTS) is 1. The highest BCUT2D eigenvalue weighted by Crippen LogP contribution is 2.29. The van der Waals surface area contributed by atoms with Crippen LogP contribution in [0.2, 0.25) is 0 Å². The van der Waals surface area contributed by atoms with Crippen molar-refractivity contribution in [1.29, 1.82) is 0 Å². The number of nitrogens with one attached hydrogen (secondary N) is 1. The Morgan fingerprint density at radius 1 is 0.929 bits per heavy atom. The summed E-state index contributed by atoms with van der Waals surface area (Å²) in [6.45, 7) is 0. The van der Waals surface area contributed by atoms with E-state index in [0.717, 1.165) is 22.4 Å². The number of amides is 1. The molecule has 1 atom stereocenters. The summed E-state index contributed by atoms with van der Waals surface area (Å²) in [7, 11) is 1.63. The quantitative estimate of drug-likeness (QED) is 0.659. The molecule has 3 aromatic rings. The van der Waals surface area contributed by atoms with Crippen molar-refractivity contribution in [1.82, 2.24) is 5.32 Å². The van der Waals surface area contributed by atoms with E-state index in [-0.39, 0.29) is 6.42 Å². The molecule has 0 aromatic heterocycles.